The molecule has 7 nitrogen and oxygen atoms in total. The topological polar surface area (TPSA) is 75.1 Å². The molecule has 3 heterocycles. The Morgan fingerprint density at radius 1 is 1.26 bits per heavy atom. The number of piperidine rings is 1. The lowest BCUT2D eigenvalue weighted by atomic mass is 9.95. The normalized spacial score (nSPS) is 21.8. The van der Waals surface area contributed by atoms with E-state index < -0.39 is 5.60 Å². The van der Waals surface area contributed by atoms with E-state index in [9.17, 15) is 14.3 Å². The molecule has 1 amide bonds. The van der Waals surface area contributed by atoms with Gasteiger partial charge in [0.2, 0.25) is 5.91 Å². The van der Waals surface area contributed by atoms with Crippen LogP contribution in [-0.2, 0) is 16.1 Å². The Morgan fingerprint density at radius 3 is 2.63 bits per heavy atom. The van der Waals surface area contributed by atoms with Gasteiger partial charge in [0.1, 0.15) is 23.8 Å². The molecular formula is C26H33ClFN3O4. The van der Waals surface area contributed by atoms with E-state index in [1.165, 1.54) is 12.3 Å². The van der Waals surface area contributed by atoms with Crippen LogP contribution in [0.2, 0.25) is 5.02 Å². The maximum absolute atomic E-state index is 13.3. The van der Waals surface area contributed by atoms with Crippen molar-refractivity contribution in [3.8, 4) is 5.75 Å². The third-order valence-corrected chi connectivity index (χ3v) is 7.30. The SMILES string of the molecule is Cc1cc(OC[C@@]2(CC(=O)N3CCC(O)CC3)CN(Cc3ccc(F)cn3)CCO2)cc(C)c1Cl. The third kappa shape index (κ3) is 6.70. The van der Waals surface area contributed by atoms with Crippen molar-refractivity contribution in [2.45, 2.75) is 51.4 Å². The van der Waals surface area contributed by atoms with Gasteiger partial charge in [-0.2, -0.15) is 0 Å². The second-order valence-corrected chi connectivity index (χ2v) is 10.0. The molecule has 2 saturated heterocycles. The van der Waals surface area contributed by atoms with Gasteiger partial charge in [-0.15, -0.1) is 0 Å². The summed E-state index contributed by atoms with van der Waals surface area (Å²) in [7, 11) is 0. The predicted octanol–water partition coefficient (Wildman–Crippen LogP) is 3.51. The van der Waals surface area contributed by atoms with Crippen molar-refractivity contribution >= 4 is 17.5 Å². The van der Waals surface area contributed by atoms with Crippen molar-refractivity contribution < 1.29 is 23.8 Å². The van der Waals surface area contributed by atoms with Gasteiger partial charge in [0.05, 0.1) is 31.0 Å². The van der Waals surface area contributed by atoms with Gasteiger partial charge in [-0.3, -0.25) is 14.7 Å². The highest BCUT2D eigenvalue weighted by Crippen LogP contribution is 2.30. The first-order chi connectivity index (χ1) is 16.7. The number of ether oxygens (including phenoxy) is 2. The molecule has 2 aliphatic rings. The van der Waals surface area contributed by atoms with Crippen molar-refractivity contribution in [2.24, 2.45) is 0 Å². The highest BCUT2D eigenvalue weighted by Gasteiger charge is 2.41. The highest BCUT2D eigenvalue weighted by molar-refractivity contribution is 6.32. The number of aromatic nitrogens is 1. The van der Waals surface area contributed by atoms with Gasteiger partial charge < -0.3 is 19.5 Å². The van der Waals surface area contributed by atoms with Crippen LogP contribution in [0.4, 0.5) is 4.39 Å². The number of hydrogen-bond donors (Lipinski definition) is 1. The van der Waals surface area contributed by atoms with Crippen LogP contribution in [0.1, 0.15) is 36.1 Å². The number of rotatable bonds is 7. The lowest BCUT2D eigenvalue weighted by Gasteiger charge is -2.43. The van der Waals surface area contributed by atoms with Gasteiger partial charge >= 0.3 is 0 Å². The monoisotopic (exact) mass is 505 g/mol. The third-order valence-electron chi connectivity index (χ3n) is 6.70. The zero-order valence-corrected chi connectivity index (χ0v) is 21.1. The van der Waals surface area contributed by atoms with Gasteiger partial charge in [0.25, 0.3) is 0 Å². The van der Waals surface area contributed by atoms with Crippen LogP contribution in [0.15, 0.2) is 30.5 Å². The number of carbonyl (C=O) groups excluding carboxylic acids is 1. The highest BCUT2D eigenvalue weighted by atomic mass is 35.5. The molecule has 0 spiro atoms. The Hall–Kier alpha value is -2.26. The molecule has 4 rings (SSSR count). The largest absolute Gasteiger partial charge is 0.490 e. The summed E-state index contributed by atoms with van der Waals surface area (Å²) in [4.78, 5) is 21.4. The van der Waals surface area contributed by atoms with E-state index in [1.54, 1.807) is 11.0 Å². The zero-order valence-electron chi connectivity index (χ0n) is 20.3. The number of pyridine rings is 1. The fourth-order valence-electron chi connectivity index (χ4n) is 4.74. The number of nitrogens with zero attached hydrogens (tertiary/aromatic N) is 3. The number of hydrogen-bond acceptors (Lipinski definition) is 6. The quantitative estimate of drug-likeness (QED) is 0.620. The smallest absolute Gasteiger partial charge is 0.225 e. The van der Waals surface area contributed by atoms with Gasteiger partial charge in [-0.1, -0.05) is 11.6 Å². The van der Waals surface area contributed by atoms with E-state index in [4.69, 9.17) is 21.1 Å². The molecule has 2 fully saturated rings. The van der Waals surface area contributed by atoms with Gasteiger partial charge in [-0.25, -0.2) is 4.39 Å². The Balaban J connectivity index is 1.51. The maximum atomic E-state index is 13.3. The minimum Gasteiger partial charge on any atom is -0.490 e. The number of likely N-dealkylation sites (tertiary alicyclic amines) is 1. The number of amides is 1. The predicted molar refractivity (Wildman–Crippen MR) is 131 cm³/mol. The number of aliphatic hydroxyl groups excluding tert-OH is 1. The number of aliphatic hydroxyl groups is 1. The molecular weight excluding hydrogens is 473 g/mol. The summed E-state index contributed by atoms with van der Waals surface area (Å²) >= 11 is 6.31. The van der Waals surface area contributed by atoms with Crippen molar-refractivity contribution in [3.63, 3.8) is 0 Å². The molecule has 2 aliphatic heterocycles. The zero-order chi connectivity index (χ0) is 25.0. The number of halogens is 2. The van der Waals surface area contributed by atoms with Gasteiger partial charge in [-0.05, 0) is 62.1 Å². The Bertz CT molecular complexity index is 1010. The van der Waals surface area contributed by atoms with Crippen LogP contribution in [-0.4, -0.2) is 76.9 Å². The van der Waals surface area contributed by atoms with Crippen molar-refractivity contribution in [3.05, 3.63) is 58.1 Å². The fourth-order valence-corrected chi connectivity index (χ4v) is 4.85. The molecule has 0 radical (unpaired) electrons. The van der Waals surface area contributed by atoms with E-state index in [1.807, 2.05) is 26.0 Å². The summed E-state index contributed by atoms with van der Waals surface area (Å²) in [5.74, 6) is 0.299. The van der Waals surface area contributed by atoms with Crippen LogP contribution in [0.3, 0.4) is 0 Å². The Morgan fingerprint density at radius 2 is 1.97 bits per heavy atom. The molecule has 0 saturated carbocycles. The van der Waals surface area contributed by atoms with Crippen LogP contribution in [0.25, 0.3) is 0 Å². The standard InChI is InChI=1S/C26H33ClFN3O4/c1-18-11-23(12-19(2)25(18)27)34-17-26(13-24(33)31-7-5-22(32)6-8-31)16-30(9-10-35-26)15-21-4-3-20(28)14-29-21/h3-4,11-12,14,22,32H,5-10,13,15-17H2,1-2H3/t26-/m1/s1. The number of aryl methyl sites for hydroxylation is 2. The second kappa shape index (κ2) is 11.2. The summed E-state index contributed by atoms with van der Waals surface area (Å²) < 4.78 is 25.8. The minimum absolute atomic E-state index is 0.00859. The van der Waals surface area contributed by atoms with Crippen molar-refractivity contribution in [1.82, 2.24) is 14.8 Å². The molecule has 190 valence electrons. The molecule has 0 unspecified atom stereocenters. The first-order valence-electron chi connectivity index (χ1n) is 12.1. The number of morpholine rings is 1. The Kier molecular flexibility index (Phi) is 8.27. The fraction of sp³-hybridized carbons (Fsp3) is 0.538. The average molecular weight is 506 g/mol. The van der Waals surface area contributed by atoms with E-state index in [-0.39, 0.29) is 30.9 Å². The minimum atomic E-state index is -0.854. The molecule has 2 aromatic rings. The summed E-state index contributed by atoms with van der Waals surface area (Å²) in [6.07, 6.45) is 2.20. The van der Waals surface area contributed by atoms with E-state index >= 15 is 0 Å². The molecule has 1 aromatic carbocycles. The lowest BCUT2D eigenvalue weighted by molar-refractivity contribution is -0.158. The molecule has 1 aromatic heterocycles. The van der Waals surface area contributed by atoms with E-state index in [0.717, 1.165) is 16.8 Å². The van der Waals surface area contributed by atoms with Crippen LogP contribution in [0, 0.1) is 19.7 Å². The van der Waals surface area contributed by atoms with Crippen LogP contribution in [0.5, 0.6) is 5.75 Å². The molecule has 1 N–H and O–H groups in total. The number of carbonyl (C=O) groups is 1. The van der Waals surface area contributed by atoms with E-state index in [0.29, 0.717) is 62.9 Å². The summed E-state index contributed by atoms with van der Waals surface area (Å²) in [5.41, 5.74) is 1.75. The first-order valence-corrected chi connectivity index (χ1v) is 12.4. The lowest BCUT2D eigenvalue weighted by Crippen LogP contribution is -2.57. The number of benzene rings is 1. The molecule has 0 bridgehead atoms. The molecule has 9 heteroatoms. The first kappa shape index (κ1) is 25.8. The summed E-state index contributed by atoms with van der Waals surface area (Å²) in [5, 5.41) is 10.5. The van der Waals surface area contributed by atoms with E-state index in [2.05, 4.69) is 9.88 Å². The summed E-state index contributed by atoms with van der Waals surface area (Å²) in [6, 6.07) is 6.85. The second-order valence-electron chi connectivity index (χ2n) is 9.66. The van der Waals surface area contributed by atoms with Crippen LogP contribution < -0.4 is 4.74 Å². The summed E-state index contributed by atoms with van der Waals surface area (Å²) in [6.45, 7) is 7.24. The van der Waals surface area contributed by atoms with Crippen molar-refractivity contribution in [2.75, 3.05) is 39.4 Å². The molecule has 1 atom stereocenters. The van der Waals surface area contributed by atoms with Gasteiger partial charge in [0.15, 0.2) is 0 Å². The van der Waals surface area contributed by atoms with Crippen molar-refractivity contribution in [1.29, 1.82) is 0 Å². The molecule has 0 aliphatic carbocycles. The van der Waals surface area contributed by atoms with Gasteiger partial charge in [0, 0.05) is 37.7 Å². The molecule has 35 heavy (non-hydrogen) atoms. The Labute approximate surface area is 210 Å². The van der Waals surface area contributed by atoms with Crippen LogP contribution >= 0.6 is 11.6 Å². The average Bonchev–Trinajstić information content (AvgIpc) is 2.83. The maximum Gasteiger partial charge on any atom is 0.225 e.